The van der Waals surface area contributed by atoms with Crippen molar-refractivity contribution >= 4 is 40.0 Å². The van der Waals surface area contributed by atoms with E-state index in [1.165, 1.54) is 29.2 Å². The third-order valence-corrected chi connectivity index (χ3v) is 5.16. The minimum atomic E-state index is -0.411. The van der Waals surface area contributed by atoms with Crippen molar-refractivity contribution in [2.45, 2.75) is 51.0 Å². The van der Waals surface area contributed by atoms with Gasteiger partial charge in [-0.2, -0.15) is 0 Å². The Balaban J connectivity index is 1.91. The Labute approximate surface area is 154 Å². The molecule has 0 saturated heterocycles. The van der Waals surface area contributed by atoms with Gasteiger partial charge in [0, 0.05) is 18.2 Å². The molecule has 2 aromatic rings. The Kier molecular flexibility index (Phi) is 6.54. The number of nitrogens with zero attached hydrogens (tertiary/aromatic N) is 4. The van der Waals surface area contributed by atoms with E-state index in [1.54, 1.807) is 6.92 Å². The zero-order chi connectivity index (χ0) is 18.6. The predicted molar refractivity (Wildman–Crippen MR) is 96.9 cm³/mol. The summed E-state index contributed by atoms with van der Waals surface area (Å²) in [4.78, 5) is 26.2. The van der Waals surface area contributed by atoms with Crippen LogP contribution in [0.5, 0.6) is 0 Å². The molecule has 2 rings (SSSR count). The van der Waals surface area contributed by atoms with E-state index in [0.717, 1.165) is 0 Å². The van der Waals surface area contributed by atoms with Crippen molar-refractivity contribution in [3.63, 3.8) is 0 Å². The van der Waals surface area contributed by atoms with Gasteiger partial charge in [0.1, 0.15) is 5.76 Å². The molecular weight excluding hydrogens is 362 g/mol. The number of anilines is 1. The average Bonchev–Trinajstić information content (AvgIpc) is 3.13. The molecule has 0 bridgehead atoms. The number of aromatic nitrogens is 3. The molecule has 0 aliphatic carbocycles. The number of carbonyl (C=O) groups is 2. The van der Waals surface area contributed by atoms with Crippen LogP contribution in [0.1, 0.15) is 43.9 Å². The lowest BCUT2D eigenvalue weighted by molar-refractivity contribution is -0.131. The molecule has 0 atom stereocenters. The zero-order valence-electron chi connectivity index (χ0n) is 14.8. The lowest BCUT2D eigenvalue weighted by Crippen LogP contribution is -2.43. The molecule has 25 heavy (non-hydrogen) atoms. The molecule has 2 heterocycles. The van der Waals surface area contributed by atoms with Crippen molar-refractivity contribution in [1.29, 1.82) is 0 Å². The molecule has 2 amide bonds. The fourth-order valence-electron chi connectivity index (χ4n) is 2.32. The Morgan fingerprint density at radius 1 is 1.28 bits per heavy atom. The molecular formula is C15H21N5O3S2. The molecule has 8 nitrogen and oxygen atoms in total. The van der Waals surface area contributed by atoms with Crippen molar-refractivity contribution < 1.29 is 14.1 Å². The maximum atomic E-state index is 12.3. The summed E-state index contributed by atoms with van der Waals surface area (Å²) in [5.41, 5.74) is 0.182. The Morgan fingerprint density at radius 3 is 2.52 bits per heavy atom. The highest BCUT2D eigenvalue weighted by Gasteiger charge is 2.21. The average molecular weight is 383 g/mol. The van der Waals surface area contributed by atoms with Gasteiger partial charge in [0.25, 0.3) is 5.91 Å². The first kappa shape index (κ1) is 19.4. The third kappa shape index (κ3) is 5.27. The summed E-state index contributed by atoms with van der Waals surface area (Å²) < 4.78 is 5.48. The van der Waals surface area contributed by atoms with Crippen LogP contribution in [0.3, 0.4) is 0 Å². The van der Waals surface area contributed by atoms with Crippen LogP contribution in [0, 0.1) is 6.92 Å². The van der Waals surface area contributed by atoms with E-state index < -0.39 is 5.91 Å². The number of nitrogens with one attached hydrogen (secondary N) is 1. The second-order valence-electron chi connectivity index (χ2n) is 5.93. The van der Waals surface area contributed by atoms with E-state index in [1.807, 2.05) is 32.6 Å². The third-order valence-electron chi connectivity index (χ3n) is 3.21. The predicted octanol–water partition coefficient (Wildman–Crippen LogP) is 2.82. The van der Waals surface area contributed by atoms with E-state index in [4.69, 9.17) is 4.52 Å². The maximum Gasteiger partial charge on any atom is 0.279 e. The number of thioether (sulfide) groups is 1. The van der Waals surface area contributed by atoms with Crippen LogP contribution in [0.2, 0.25) is 0 Å². The van der Waals surface area contributed by atoms with Crippen LogP contribution in [0.15, 0.2) is 14.9 Å². The Morgan fingerprint density at radius 2 is 1.96 bits per heavy atom. The van der Waals surface area contributed by atoms with Crippen LogP contribution in [-0.4, -0.2) is 49.9 Å². The summed E-state index contributed by atoms with van der Waals surface area (Å²) in [6.45, 7) is 9.68. The van der Waals surface area contributed by atoms with Gasteiger partial charge >= 0.3 is 0 Å². The molecule has 2 aromatic heterocycles. The quantitative estimate of drug-likeness (QED) is 0.579. The number of hydrogen-bond acceptors (Lipinski definition) is 8. The molecule has 0 saturated carbocycles. The molecule has 0 fully saturated rings. The van der Waals surface area contributed by atoms with Crippen molar-refractivity contribution in [2.24, 2.45) is 0 Å². The summed E-state index contributed by atoms with van der Waals surface area (Å²) >= 11 is 2.52. The second-order valence-corrected chi connectivity index (χ2v) is 8.13. The molecule has 0 aromatic carbocycles. The van der Waals surface area contributed by atoms with Gasteiger partial charge in [-0.1, -0.05) is 28.3 Å². The number of amides is 2. The van der Waals surface area contributed by atoms with Crippen LogP contribution in [0.25, 0.3) is 0 Å². The summed E-state index contributed by atoms with van der Waals surface area (Å²) in [5.74, 6) is 0.471. The van der Waals surface area contributed by atoms with E-state index in [0.29, 0.717) is 15.2 Å². The van der Waals surface area contributed by atoms with Gasteiger partial charge in [-0.25, -0.2) is 0 Å². The lowest BCUT2D eigenvalue weighted by atomic mass is 10.2. The van der Waals surface area contributed by atoms with E-state index in [9.17, 15) is 9.59 Å². The first-order valence-electron chi connectivity index (χ1n) is 7.80. The van der Waals surface area contributed by atoms with Crippen LogP contribution in [0.4, 0.5) is 5.13 Å². The number of aryl methyl sites for hydroxylation is 1. The standard InChI is InChI=1S/C15H21N5O3S2/c1-8(2)20(9(3)4)12(21)7-24-15-18-17-14(25-15)16-13(22)11-6-10(5)23-19-11/h6,8-9H,7H2,1-5H3,(H,16,17,22). The number of carbonyl (C=O) groups excluding carboxylic acids is 2. The monoisotopic (exact) mass is 383 g/mol. The van der Waals surface area contributed by atoms with Gasteiger partial charge in [0.15, 0.2) is 10.0 Å². The molecule has 0 unspecified atom stereocenters. The normalized spacial score (nSPS) is 11.2. The topological polar surface area (TPSA) is 101 Å². The maximum absolute atomic E-state index is 12.3. The van der Waals surface area contributed by atoms with Gasteiger partial charge in [-0.3, -0.25) is 14.9 Å². The highest BCUT2D eigenvalue weighted by atomic mass is 32.2. The fourth-order valence-corrected chi connectivity index (χ4v) is 3.94. The molecule has 0 aliphatic heterocycles. The van der Waals surface area contributed by atoms with Gasteiger partial charge in [-0.15, -0.1) is 10.2 Å². The Bertz CT molecular complexity index is 733. The number of hydrogen-bond donors (Lipinski definition) is 1. The van der Waals surface area contributed by atoms with Gasteiger partial charge < -0.3 is 9.42 Å². The van der Waals surface area contributed by atoms with Crippen LogP contribution >= 0.6 is 23.1 Å². The molecule has 10 heteroatoms. The molecule has 0 radical (unpaired) electrons. The fraction of sp³-hybridized carbons (Fsp3) is 0.533. The van der Waals surface area contributed by atoms with Crippen molar-refractivity contribution in [1.82, 2.24) is 20.3 Å². The smallest absolute Gasteiger partial charge is 0.279 e. The van der Waals surface area contributed by atoms with E-state index >= 15 is 0 Å². The van der Waals surface area contributed by atoms with Crippen molar-refractivity contribution in [2.75, 3.05) is 11.1 Å². The van der Waals surface area contributed by atoms with E-state index in [-0.39, 0.29) is 29.4 Å². The van der Waals surface area contributed by atoms with Gasteiger partial charge in [-0.05, 0) is 34.6 Å². The zero-order valence-corrected chi connectivity index (χ0v) is 16.4. The molecule has 136 valence electrons. The first-order valence-corrected chi connectivity index (χ1v) is 9.60. The number of rotatable bonds is 7. The summed E-state index contributed by atoms with van der Waals surface area (Å²) in [6.07, 6.45) is 0. The van der Waals surface area contributed by atoms with Gasteiger partial charge in [0.05, 0.1) is 5.75 Å². The van der Waals surface area contributed by atoms with Crippen molar-refractivity contribution in [3.8, 4) is 0 Å². The highest BCUT2D eigenvalue weighted by Crippen LogP contribution is 2.26. The summed E-state index contributed by atoms with van der Waals surface area (Å²) in [5, 5.41) is 14.5. The van der Waals surface area contributed by atoms with E-state index in [2.05, 4.69) is 20.7 Å². The van der Waals surface area contributed by atoms with Crippen LogP contribution < -0.4 is 5.32 Å². The lowest BCUT2D eigenvalue weighted by Gasteiger charge is -2.30. The minimum Gasteiger partial charge on any atom is -0.361 e. The summed E-state index contributed by atoms with van der Waals surface area (Å²) in [6, 6.07) is 1.82. The molecule has 0 aliphatic rings. The summed E-state index contributed by atoms with van der Waals surface area (Å²) in [7, 11) is 0. The first-order chi connectivity index (χ1) is 11.8. The Hall–Kier alpha value is -1.94. The molecule has 0 spiro atoms. The SMILES string of the molecule is Cc1cc(C(=O)Nc2nnc(SCC(=O)N(C(C)C)C(C)C)s2)no1. The second kappa shape index (κ2) is 8.43. The van der Waals surface area contributed by atoms with Gasteiger partial charge in [0.2, 0.25) is 11.0 Å². The molecule has 1 N–H and O–H groups in total. The largest absolute Gasteiger partial charge is 0.361 e. The minimum absolute atomic E-state index is 0.0499. The van der Waals surface area contributed by atoms with Crippen LogP contribution in [-0.2, 0) is 4.79 Å². The van der Waals surface area contributed by atoms with Crippen molar-refractivity contribution in [3.05, 3.63) is 17.5 Å². The highest BCUT2D eigenvalue weighted by molar-refractivity contribution is 8.01.